The largest absolute Gasteiger partial charge is 0.436 e. The molecule has 0 saturated heterocycles. The van der Waals surface area contributed by atoms with Crippen LogP contribution in [0, 0.1) is 0 Å². The molecule has 0 aliphatic rings. The van der Waals surface area contributed by atoms with E-state index in [9.17, 15) is 0 Å². The molecular formula is C15H22N4O. The zero-order valence-corrected chi connectivity index (χ0v) is 12.6. The third kappa shape index (κ3) is 4.35. The third-order valence-corrected chi connectivity index (χ3v) is 2.78. The van der Waals surface area contributed by atoms with Crippen molar-refractivity contribution >= 4 is 0 Å². The second-order valence-corrected chi connectivity index (χ2v) is 5.74. The predicted molar refractivity (Wildman–Crippen MR) is 78.8 cm³/mol. The van der Waals surface area contributed by atoms with Gasteiger partial charge in [0.25, 0.3) is 0 Å². The first-order valence-corrected chi connectivity index (χ1v) is 6.86. The molecule has 108 valence electrons. The molecule has 20 heavy (non-hydrogen) atoms. The minimum atomic E-state index is 0.0898. The third-order valence-electron chi connectivity index (χ3n) is 2.78. The SMILES string of the molecule is CCn1cc(Oc2cc(CNC(C)(C)C)ccn2)cn1. The summed E-state index contributed by atoms with van der Waals surface area (Å²) >= 11 is 0. The minimum absolute atomic E-state index is 0.0898. The maximum absolute atomic E-state index is 5.71. The Morgan fingerprint density at radius 3 is 2.80 bits per heavy atom. The van der Waals surface area contributed by atoms with E-state index < -0.39 is 0 Å². The number of hydrogen-bond acceptors (Lipinski definition) is 4. The van der Waals surface area contributed by atoms with Crippen LogP contribution in [0.4, 0.5) is 0 Å². The summed E-state index contributed by atoms with van der Waals surface area (Å²) in [6.45, 7) is 10.1. The van der Waals surface area contributed by atoms with Crippen LogP contribution in [0.25, 0.3) is 0 Å². The summed E-state index contributed by atoms with van der Waals surface area (Å²) in [4.78, 5) is 4.23. The molecule has 1 N–H and O–H groups in total. The summed E-state index contributed by atoms with van der Waals surface area (Å²) in [6, 6.07) is 3.93. The predicted octanol–water partition coefficient (Wildman–Crippen LogP) is 2.98. The topological polar surface area (TPSA) is 52.0 Å². The molecule has 0 fully saturated rings. The number of rotatable bonds is 5. The van der Waals surface area contributed by atoms with Gasteiger partial charge in [0.2, 0.25) is 5.88 Å². The highest BCUT2D eigenvalue weighted by Gasteiger charge is 2.09. The lowest BCUT2D eigenvalue weighted by molar-refractivity contribution is 0.421. The lowest BCUT2D eigenvalue weighted by atomic mass is 10.1. The number of hydrogen-bond donors (Lipinski definition) is 1. The van der Waals surface area contributed by atoms with Crippen LogP contribution in [0.1, 0.15) is 33.3 Å². The van der Waals surface area contributed by atoms with E-state index in [-0.39, 0.29) is 5.54 Å². The van der Waals surface area contributed by atoms with Crippen molar-refractivity contribution in [1.82, 2.24) is 20.1 Å². The van der Waals surface area contributed by atoms with Gasteiger partial charge in [0, 0.05) is 30.9 Å². The van der Waals surface area contributed by atoms with Gasteiger partial charge < -0.3 is 10.1 Å². The number of aryl methyl sites for hydroxylation is 1. The number of pyridine rings is 1. The Hall–Kier alpha value is -1.88. The Morgan fingerprint density at radius 1 is 1.35 bits per heavy atom. The minimum Gasteiger partial charge on any atom is -0.436 e. The first kappa shape index (κ1) is 14.5. The summed E-state index contributed by atoms with van der Waals surface area (Å²) < 4.78 is 7.53. The van der Waals surface area contributed by atoms with Gasteiger partial charge in [-0.2, -0.15) is 5.10 Å². The summed E-state index contributed by atoms with van der Waals surface area (Å²) in [7, 11) is 0. The Balaban J connectivity index is 2.02. The molecule has 2 rings (SSSR count). The van der Waals surface area contributed by atoms with E-state index in [2.05, 4.69) is 36.2 Å². The summed E-state index contributed by atoms with van der Waals surface area (Å²) in [5.41, 5.74) is 1.24. The molecule has 0 radical (unpaired) electrons. The number of nitrogens with zero attached hydrogens (tertiary/aromatic N) is 3. The summed E-state index contributed by atoms with van der Waals surface area (Å²) in [6.07, 6.45) is 5.33. The van der Waals surface area contributed by atoms with E-state index in [0.717, 1.165) is 18.7 Å². The van der Waals surface area contributed by atoms with E-state index in [1.165, 1.54) is 0 Å². The van der Waals surface area contributed by atoms with Gasteiger partial charge in [0.15, 0.2) is 5.75 Å². The van der Waals surface area contributed by atoms with Crippen LogP contribution in [-0.4, -0.2) is 20.3 Å². The van der Waals surface area contributed by atoms with E-state index in [4.69, 9.17) is 4.74 Å². The van der Waals surface area contributed by atoms with E-state index in [1.54, 1.807) is 12.4 Å². The molecule has 0 spiro atoms. The average Bonchev–Trinajstić information content (AvgIpc) is 2.84. The smallest absolute Gasteiger partial charge is 0.219 e. The molecule has 0 unspecified atom stereocenters. The highest BCUT2D eigenvalue weighted by Crippen LogP contribution is 2.19. The molecule has 2 heterocycles. The standard InChI is InChI=1S/C15H22N4O/c1-5-19-11-13(10-18-19)20-14-8-12(6-7-16-14)9-17-15(2,3)4/h6-8,10-11,17H,5,9H2,1-4H3. The van der Waals surface area contributed by atoms with Crippen molar-refractivity contribution in [3.63, 3.8) is 0 Å². The van der Waals surface area contributed by atoms with Crippen molar-refractivity contribution < 1.29 is 4.74 Å². The molecule has 0 saturated carbocycles. The van der Waals surface area contributed by atoms with Crippen molar-refractivity contribution in [3.05, 3.63) is 36.3 Å². The number of nitrogens with one attached hydrogen (secondary N) is 1. The maximum atomic E-state index is 5.71. The maximum Gasteiger partial charge on any atom is 0.219 e. The molecule has 0 bridgehead atoms. The van der Waals surface area contributed by atoms with Gasteiger partial charge in [-0.25, -0.2) is 4.98 Å². The molecule has 2 aromatic heterocycles. The second kappa shape index (κ2) is 6.05. The highest BCUT2D eigenvalue weighted by atomic mass is 16.5. The monoisotopic (exact) mass is 274 g/mol. The van der Waals surface area contributed by atoms with Gasteiger partial charge >= 0.3 is 0 Å². The van der Waals surface area contributed by atoms with Crippen molar-refractivity contribution in [1.29, 1.82) is 0 Å². The summed E-state index contributed by atoms with van der Waals surface area (Å²) in [5, 5.41) is 7.62. The molecular weight excluding hydrogens is 252 g/mol. The molecule has 2 aromatic rings. The van der Waals surface area contributed by atoms with Gasteiger partial charge in [-0.1, -0.05) is 0 Å². The first-order chi connectivity index (χ1) is 9.46. The lowest BCUT2D eigenvalue weighted by Gasteiger charge is -2.20. The zero-order chi connectivity index (χ0) is 14.6. The number of ether oxygens (including phenoxy) is 1. The summed E-state index contributed by atoms with van der Waals surface area (Å²) in [5.74, 6) is 1.30. The zero-order valence-electron chi connectivity index (χ0n) is 12.6. The Morgan fingerprint density at radius 2 is 2.15 bits per heavy atom. The van der Waals surface area contributed by atoms with E-state index >= 15 is 0 Å². The molecule has 0 aliphatic heterocycles. The Kier molecular flexibility index (Phi) is 4.39. The molecule has 0 aliphatic carbocycles. The highest BCUT2D eigenvalue weighted by molar-refractivity contribution is 5.25. The lowest BCUT2D eigenvalue weighted by Crippen LogP contribution is -2.35. The van der Waals surface area contributed by atoms with Gasteiger partial charge in [0.1, 0.15) is 0 Å². The van der Waals surface area contributed by atoms with Crippen LogP contribution >= 0.6 is 0 Å². The molecule has 5 nitrogen and oxygen atoms in total. The fourth-order valence-electron chi connectivity index (χ4n) is 1.67. The second-order valence-electron chi connectivity index (χ2n) is 5.74. The number of aromatic nitrogens is 3. The van der Waals surface area contributed by atoms with Crippen LogP contribution in [0.3, 0.4) is 0 Å². The molecule has 5 heteroatoms. The molecule has 0 aromatic carbocycles. The average molecular weight is 274 g/mol. The normalized spacial score (nSPS) is 11.6. The van der Waals surface area contributed by atoms with E-state index in [1.807, 2.05) is 29.9 Å². The van der Waals surface area contributed by atoms with Crippen LogP contribution < -0.4 is 10.1 Å². The fourth-order valence-corrected chi connectivity index (χ4v) is 1.67. The fraction of sp³-hybridized carbons (Fsp3) is 0.467. The Bertz CT molecular complexity index is 557. The van der Waals surface area contributed by atoms with Crippen LogP contribution in [-0.2, 0) is 13.1 Å². The molecule has 0 amide bonds. The van der Waals surface area contributed by atoms with Crippen molar-refractivity contribution in [2.75, 3.05) is 0 Å². The van der Waals surface area contributed by atoms with Crippen molar-refractivity contribution in [3.8, 4) is 11.6 Å². The van der Waals surface area contributed by atoms with Crippen molar-refractivity contribution in [2.45, 2.75) is 46.3 Å². The quantitative estimate of drug-likeness (QED) is 0.910. The first-order valence-electron chi connectivity index (χ1n) is 6.86. The van der Waals surface area contributed by atoms with E-state index in [0.29, 0.717) is 11.6 Å². The van der Waals surface area contributed by atoms with Gasteiger partial charge in [-0.15, -0.1) is 0 Å². The van der Waals surface area contributed by atoms with Crippen molar-refractivity contribution in [2.24, 2.45) is 0 Å². The van der Waals surface area contributed by atoms with Crippen LogP contribution in [0.5, 0.6) is 11.6 Å². The van der Waals surface area contributed by atoms with Gasteiger partial charge in [0.05, 0.1) is 12.4 Å². The Labute approximate surface area is 120 Å². The van der Waals surface area contributed by atoms with Crippen LogP contribution in [0.15, 0.2) is 30.7 Å². The van der Waals surface area contributed by atoms with Crippen LogP contribution in [0.2, 0.25) is 0 Å². The van der Waals surface area contributed by atoms with Gasteiger partial charge in [-0.05, 0) is 39.3 Å². The van der Waals surface area contributed by atoms with Gasteiger partial charge in [-0.3, -0.25) is 4.68 Å². The molecule has 0 atom stereocenters.